The van der Waals surface area contributed by atoms with Crippen molar-refractivity contribution in [1.29, 1.82) is 0 Å². The van der Waals surface area contributed by atoms with E-state index in [1.165, 1.54) is 11.8 Å². The standard InChI is InChI=1S/C25H22ClN5OS/c1-16-20(26)8-5-9-21(16)31-23(18-12-14-27-15-13-18)29-30-25(31)33-22(17-6-3-2-4-7-17)24(32)28-19-10-11-19/h2-9,12-15,19,22H,10-11H2,1H3,(H,28,32)/t22-/m0/s1. The molecule has 0 unspecified atom stereocenters. The number of aromatic nitrogens is 4. The molecule has 1 amide bonds. The van der Waals surface area contributed by atoms with Crippen molar-refractivity contribution in [1.82, 2.24) is 25.1 Å². The minimum Gasteiger partial charge on any atom is -0.352 e. The van der Waals surface area contributed by atoms with Crippen LogP contribution in [-0.2, 0) is 4.79 Å². The lowest BCUT2D eigenvalue weighted by atomic mass is 10.1. The molecule has 2 aromatic heterocycles. The van der Waals surface area contributed by atoms with Gasteiger partial charge >= 0.3 is 0 Å². The summed E-state index contributed by atoms with van der Waals surface area (Å²) in [4.78, 5) is 17.3. The van der Waals surface area contributed by atoms with Crippen molar-refractivity contribution < 1.29 is 4.79 Å². The molecule has 0 aliphatic heterocycles. The second kappa shape index (κ2) is 9.37. The molecular weight excluding hydrogens is 454 g/mol. The number of carbonyl (C=O) groups is 1. The average molecular weight is 476 g/mol. The highest BCUT2D eigenvalue weighted by atomic mass is 35.5. The molecule has 2 aromatic carbocycles. The number of hydrogen-bond acceptors (Lipinski definition) is 5. The molecule has 0 bridgehead atoms. The van der Waals surface area contributed by atoms with Crippen LogP contribution < -0.4 is 5.32 Å². The molecule has 0 spiro atoms. The molecule has 8 heteroatoms. The van der Waals surface area contributed by atoms with Crippen LogP contribution in [0.3, 0.4) is 0 Å². The normalized spacial score (nSPS) is 14.1. The third-order valence-corrected chi connectivity index (χ3v) is 7.15. The van der Waals surface area contributed by atoms with E-state index in [1.807, 2.05) is 72.2 Å². The number of halogens is 1. The number of nitrogens with zero attached hydrogens (tertiary/aromatic N) is 4. The first-order valence-electron chi connectivity index (χ1n) is 10.7. The predicted octanol–water partition coefficient (Wildman–Crippen LogP) is 5.40. The first-order valence-corrected chi connectivity index (χ1v) is 12.0. The van der Waals surface area contributed by atoms with Gasteiger partial charge in [0, 0.05) is 29.0 Å². The SMILES string of the molecule is Cc1c(Cl)cccc1-n1c(S[C@H](C(=O)NC2CC2)c2ccccc2)nnc1-c1ccncc1. The highest BCUT2D eigenvalue weighted by molar-refractivity contribution is 8.00. The van der Waals surface area contributed by atoms with E-state index in [0.29, 0.717) is 16.0 Å². The maximum absolute atomic E-state index is 13.2. The van der Waals surface area contributed by atoms with Crippen LogP contribution in [0.1, 0.15) is 29.2 Å². The molecule has 1 aliphatic carbocycles. The summed E-state index contributed by atoms with van der Waals surface area (Å²) in [6.45, 7) is 1.97. The van der Waals surface area contributed by atoms with E-state index in [0.717, 1.165) is 35.2 Å². The van der Waals surface area contributed by atoms with E-state index >= 15 is 0 Å². The van der Waals surface area contributed by atoms with Gasteiger partial charge in [-0.2, -0.15) is 0 Å². The molecule has 1 fully saturated rings. The summed E-state index contributed by atoms with van der Waals surface area (Å²) in [5, 5.41) is 13.0. The molecule has 2 heterocycles. The highest BCUT2D eigenvalue weighted by Gasteiger charge is 2.31. The Morgan fingerprint density at radius 1 is 1.06 bits per heavy atom. The van der Waals surface area contributed by atoms with Crippen molar-refractivity contribution in [3.05, 3.63) is 89.2 Å². The molecule has 6 nitrogen and oxygen atoms in total. The lowest BCUT2D eigenvalue weighted by molar-refractivity contribution is -0.120. The molecule has 33 heavy (non-hydrogen) atoms. The van der Waals surface area contributed by atoms with Gasteiger partial charge in [-0.25, -0.2) is 0 Å². The molecular formula is C25H22ClN5OS. The summed E-state index contributed by atoms with van der Waals surface area (Å²) in [7, 11) is 0. The van der Waals surface area contributed by atoms with Gasteiger partial charge in [-0.3, -0.25) is 14.3 Å². The number of thioether (sulfide) groups is 1. The highest BCUT2D eigenvalue weighted by Crippen LogP contribution is 2.39. The number of rotatable bonds is 7. The van der Waals surface area contributed by atoms with Gasteiger partial charge in [0.15, 0.2) is 11.0 Å². The maximum atomic E-state index is 13.2. The molecule has 0 saturated heterocycles. The first-order chi connectivity index (χ1) is 16.1. The summed E-state index contributed by atoms with van der Waals surface area (Å²) in [5.74, 6) is 0.649. The van der Waals surface area contributed by atoms with E-state index in [2.05, 4.69) is 20.5 Å². The Morgan fingerprint density at radius 2 is 1.82 bits per heavy atom. The number of amides is 1. The topological polar surface area (TPSA) is 72.7 Å². The predicted molar refractivity (Wildman–Crippen MR) is 131 cm³/mol. The summed E-state index contributed by atoms with van der Waals surface area (Å²) < 4.78 is 1.97. The molecule has 5 rings (SSSR count). The second-order valence-electron chi connectivity index (χ2n) is 7.95. The van der Waals surface area contributed by atoms with E-state index < -0.39 is 5.25 Å². The Kier molecular flexibility index (Phi) is 6.15. The third kappa shape index (κ3) is 4.65. The van der Waals surface area contributed by atoms with Crippen LogP contribution in [0, 0.1) is 6.92 Å². The molecule has 0 radical (unpaired) electrons. The minimum atomic E-state index is -0.459. The lowest BCUT2D eigenvalue weighted by Crippen LogP contribution is -2.30. The molecule has 1 aliphatic rings. The number of pyridine rings is 1. The molecule has 1 atom stereocenters. The Morgan fingerprint density at radius 3 is 2.55 bits per heavy atom. The number of nitrogens with one attached hydrogen (secondary N) is 1. The van der Waals surface area contributed by atoms with Gasteiger partial charge in [0.2, 0.25) is 5.91 Å². The van der Waals surface area contributed by atoms with Crippen LogP contribution in [0.25, 0.3) is 17.1 Å². The van der Waals surface area contributed by atoms with Crippen LogP contribution in [-0.4, -0.2) is 31.7 Å². The third-order valence-electron chi connectivity index (χ3n) is 5.54. The summed E-state index contributed by atoms with van der Waals surface area (Å²) in [6.07, 6.45) is 5.51. The lowest BCUT2D eigenvalue weighted by Gasteiger charge is -2.18. The van der Waals surface area contributed by atoms with E-state index in [-0.39, 0.29) is 11.9 Å². The van der Waals surface area contributed by atoms with Crippen molar-refractivity contribution >= 4 is 29.3 Å². The zero-order valence-corrected chi connectivity index (χ0v) is 19.6. The largest absolute Gasteiger partial charge is 0.352 e. The fourth-order valence-corrected chi connectivity index (χ4v) is 4.83. The maximum Gasteiger partial charge on any atom is 0.238 e. The van der Waals surface area contributed by atoms with Gasteiger partial charge in [-0.1, -0.05) is 59.8 Å². The Labute approximate surface area is 201 Å². The van der Waals surface area contributed by atoms with E-state index in [4.69, 9.17) is 11.6 Å². The average Bonchev–Trinajstić information content (AvgIpc) is 3.56. The van der Waals surface area contributed by atoms with Crippen molar-refractivity contribution in [2.24, 2.45) is 0 Å². The van der Waals surface area contributed by atoms with Crippen LogP contribution in [0.4, 0.5) is 0 Å². The van der Waals surface area contributed by atoms with Gasteiger partial charge in [-0.15, -0.1) is 10.2 Å². The van der Waals surface area contributed by atoms with Crippen molar-refractivity contribution in [3.8, 4) is 17.1 Å². The smallest absolute Gasteiger partial charge is 0.238 e. The second-order valence-corrected chi connectivity index (χ2v) is 9.43. The zero-order valence-electron chi connectivity index (χ0n) is 18.0. The fraction of sp³-hybridized carbons (Fsp3) is 0.200. The Balaban J connectivity index is 1.61. The molecule has 1 saturated carbocycles. The molecule has 1 N–H and O–H groups in total. The van der Waals surface area contributed by atoms with E-state index in [9.17, 15) is 4.79 Å². The van der Waals surface area contributed by atoms with Gasteiger partial charge in [0.25, 0.3) is 0 Å². The van der Waals surface area contributed by atoms with Crippen molar-refractivity contribution in [2.75, 3.05) is 0 Å². The van der Waals surface area contributed by atoms with Gasteiger partial charge in [0.1, 0.15) is 5.25 Å². The van der Waals surface area contributed by atoms with Gasteiger partial charge in [-0.05, 0) is 55.2 Å². The first kappa shape index (κ1) is 21.7. The van der Waals surface area contributed by atoms with Gasteiger partial charge in [0.05, 0.1) is 5.69 Å². The fourth-order valence-electron chi connectivity index (χ4n) is 3.60. The summed E-state index contributed by atoms with van der Waals surface area (Å²) in [5.41, 5.74) is 3.58. The quantitative estimate of drug-likeness (QED) is 0.362. The molecule has 166 valence electrons. The van der Waals surface area contributed by atoms with Crippen molar-refractivity contribution in [3.63, 3.8) is 0 Å². The van der Waals surface area contributed by atoms with Crippen LogP contribution in [0.2, 0.25) is 5.02 Å². The number of hydrogen-bond donors (Lipinski definition) is 1. The van der Waals surface area contributed by atoms with E-state index in [1.54, 1.807) is 12.4 Å². The van der Waals surface area contributed by atoms with Crippen LogP contribution in [0.5, 0.6) is 0 Å². The Hall–Kier alpha value is -3.16. The van der Waals surface area contributed by atoms with Crippen LogP contribution in [0.15, 0.2) is 78.2 Å². The summed E-state index contributed by atoms with van der Waals surface area (Å²) in [6, 6.07) is 19.6. The molecule has 4 aromatic rings. The summed E-state index contributed by atoms with van der Waals surface area (Å²) >= 11 is 7.85. The number of carbonyl (C=O) groups excluding carboxylic acids is 1. The monoisotopic (exact) mass is 475 g/mol. The number of benzene rings is 2. The zero-order chi connectivity index (χ0) is 22.8. The minimum absolute atomic E-state index is 0.0171. The Bertz CT molecular complexity index is 1270. The van der Waals surface area contributed by atoms with Crippen LogP contribution >= 0.6 is 23.4 Å². The van der Waals surface area contributed by atoms with Crippen molar-refractivity contribution in [2.45, 2.75) is 36.2 Å². The van der Waals surface area contributed by atoms with Gasteiger partial charge < -0.3 is 5.32 Å².